The van der Waals surface area contributed by atoms with Crippen molar-refractivity contribution in [2.75, 3.05) is 11.4 Å². The fourth-order valence-electron chi connectivity index (χ4n) is 5.47. The van der Waals surface area contributed by atoms with Crippen LogP contribution in [0.1, 0.15) is 67.7 Å². The van der Waals surface area contributed by atoms with E-state index in [2.05, 4.69) is 22.3 Å². The molecule has 1 saturated carbocycles. The molecule has 0 atom stereocenters. The number of amides is 2. The summed E-state index contributed by atoms with van der Waals surface area (Å²) in [4.78, 5) is 32.8. The number of aromatic nitrogens is 3. The number of benzene rings is 1. The van der Waals surface area contributed by atoms with Gasteiger partial charge in [-0.25, -0.2) is 13.9 Å². The molecule has 1 aromatic carbocycles. The highest BCUT2D eigenvalue weighted by Gasteiger charge is 2.49. The average Bonchev–Trinajstić information content (AvgIpc) is 3.42. The van der Waals surface area contributed by atoms with Gasteiger partial charge < -0.3 is 10.2 Å². The van der Waals surface area contributed by atoms with Crippen molar-refractivity contribution in [1.82, 2.24) is 19.9 Å². The van der Waals surface area contributed by atoms with Crippen molar-refractivity contribution < 1.29 is 14.0 Å². The number of carbonyl (C=O) groups is 2. The molecule has 184 valence electrons. The highest BCUT2D eigenvalue weighted by molar-refractivity contribution is 6.34. The predicted octanol–water partition coefficient (Wildman–Crippen LogP) is 4.74. The summed E-state index contributed by atoms with van der Waals surface area (Å²) in [5.41, 5.74) is 3.14. The molecule has 3 aromatic rings. The van der Waals surface area contributed by atoms with Gasteiger partial charge in [-0.2, -0.15) is 5.10 Å². The molecular weight excluding hydrogens is 469 g/mol. The third-order valence-electron chi connectivity index (χ3n) is 7.56. The zero-order valence-electron chi connectivity index (χ0n) is 20.0. The molecule has 0 bridgehead atoms. The number of nitrogens with zero attached hydrogens (tertiary/aromatic N) is 4. The predicted molar refractivity (Wildman–Crippen MR) is 132 cm³/mol. The molecular formula is C26H29ClFN5O2. The second-order valence-electron chi connectivity index (χ2n) is 9.57. The quantitative estimate of drug-likeness (QED) is 0.552. The molecule has 2 fully saturated rings. The smallest absolute Gasteiger partial charge is 0.256 e. The van der Waals surface area contributed by atoms with Crippen LogP contribution in [0.3, 0.4) is 0 Å². The SMILES string of the molecule is CCc1cc(CC)n2ncc(C(=O)NC3CCC4(CC3)CCN(c3ccc(F)cc3Cl)C4=O)c2n1. The molecule has 0 radical (unpaired) electrons. The topological polar surface area (TPSA) is 79.6 Å². The summed E-state index contributed by atoms with van der Waals surface area (Å²) >= 11 is 6.22. The number of hydrogen-bond acceptors (Lipinski definition) is 4. The third-order valence-corrected chi connectivity index (χ3v) is 7.86. The Bertz CT molecular complexity index is 1300. The fraction of sp³-hybridized carbons (Fsp3) is 0.462. The fourth-order valence-corrected chi connectivity index (χ4v) is 5.74. The Morgan fingerprint density at radius 1 is 1.20 bits per heavy atom. The largest absolute Gasteiger partial charge is 0.349 e. The van der Waals surface area contributed by atoms with E-state index in [4.69, 9.17) is 11.6 Å². The molecule has 0 unspecified atom stereocenters. The lowest BCUT2D eigenvalue weighted by Crippen LogP contribution is -2.44. The van der Waals surface area contributed by atoms with Gasteiger partial charge in [0.1, 0.15) is 11.4 Å². The van der Waals surface area contributed by atoms with E-state index in [-0.39, 0.29) is 22.9 Å². The zero-order chi connectivity index (χ0) is 24.7. The molecule has 2 aliphatic rings. The number of hydrogen-bond donors (Lipinski definition) is 1. The Kier molecular flexibility index (Phi) is 6.25. The summed E-state index contributed by atoms with van der Waals surface area (Å²) in [7, 11) is 0. The van der Waals surface area contributed by atoms with Crippen LogP contribution in [0.25, 0.3) is 5.65 Å². The van der Waals surface area contributed by atoms with E-state index in [9.17, 15) is 14.0 Å². The minimum Gasteiger partial charge on any atom is -0.349 e. The van der Waals surface area contributed by atoms with Crippen molar-refractivity contribution in [2.45, 2.75) is 64.8 Å². The van der Waals surface area contributed by atoms with Gasteiger partial charge in [-0.15, -0.1) is 0 Å². The van der Waals surface area contributed by atoms with E-state index in [1.165, 1.54) is 12.1 Å². The first-order chi connectivity index (χ1) is 16.8. The van der Waals surface area contributed by atoms with Crippen molar-refractivity contribution in [1.29, 1.82) is 0 Å². The summed E-state index contributed by atoms with van der Waals surface area (Å²) in [5, 5.41) is 7.80. The lowest BCUT2D eigenvalue weighted by molar-refractivity contribution is -0.127. The van der Waals surface area contributed by atoms with Crippen LogP contribution in [0, 0.1) is 11.2 Å². The minimum atomic E-state index is -0.447. The van der Waals surface area contributed by atoms with Crippen molar-refractivity contribution in [3.05, 3.63) is 58.3 Å². The molecule has 9 heteroatoms. The van der Waals surface area contributed by atoms with E-state index in [1.54, 1.807) is 21.7 Å². The molecule has 2 aromatic heterocycles. The Morgan fingerprint density at radius 2 is 1.97 bits per heavy atom. The van der Waals surface area contributed by atoms with E-state index < -0.39 is 11.2 Å². The average molecular weight is 498 g/mol. The standard InChI is InChI=1S/C26H29ClFN5O2/c1-3-17-14-19(4-2)33-23(30-17)20(15-29-33)24(34)31-18-7-9-26(10-8-18)11-12-32(25(26)35)22-6-5-16(28)13-21(22)27/h5-6,13-15,18H,3-4,7-12H2,1-2H3,(H,31,34). The number of nitrogens with one attached hydrogen (secondary N) is 1. The van der Waals surface area contributed by atoms with Gasteiger partial charge in [-0.05, 0) is 69.2 Å². The maximum atomic E-state index is 13.5. The Hall–Kier alpha value is -3.00. The van der Waals surface area contributed by atoms with Gasteiger partial charge in [0, 0.05) is 24.0 Å². The monoisotopic (exact) mass is 497 g/mol. The van der Waals surface area contributed by atoms with Crippen LogP contribution >= 0.6 is 11.6 Å². The summed E-state index contributed by atoms with van der Waals surface area (Å²) in [6.45, 7) is 4.67. The number of anilines is 1. The number of aryl methyl sites for hydroxylation is 2. The summed E-state index contributed by atoms with van der Waals surface area (Å²) in [6, 6.07) is 6.15. The van der Waals surface area contributed by atoms with Crippen molar-refractivity contribution >= 4 is 34.7 Å². The van der Waals surface area contributed by atoms with Gasteiger partial charge in [0.2, 0.25) is 5.91 Å². The van der Waals surface area contributed by atoms with Crippen LogP contribution < -0.4 is 10.2 Å². The van der Waals surface area contributed by atoms with Gasteiger partial charge in [0.15, 0.2) is 5.65 Å². The molecule has 7 nitrogen and oxygen atoms in total. The van der Waals surface area contributed by atoms with Gasteiger partial charge in [0.25, 0.3) is 5.91 Å². The molecule has 35 heavy (non-hydrogen) atoms. The summed E-state index contributed by atoms with van der Waals surface area (Å²) < 4.78 is 15.2. The van der Waals surface area contributed by atoms with Crippen molar-refractivity contribution in [2.24, 2.45) is 5.41 Å². The first-order valence-electron chi connectivity index (χ1n) is 12.3. The van der Waals surface area contributed by atoms with Gasteiger partial charge >= 0.3 is 0 Å². The van der Waals surface area contributed by atoms with Crippen LogP contribution in [0.2, 0.25) is 5.02 Å². The Balaban J connectivity index is 1.27. The van der Waals surface area contributed by atoms with Crippen LogP contribution in [-0.2, 0) is 17.6 Å². The number of carbonyl (C=O) groups excluding carboxylic acids is 2. The number of fused-ring (bicyclic) bond motifs is 1. The third kappa shape index (κ3) is 4.18. The molecule has 1 spiro atoms. The second-order valence-corrected chi connectivity index (χ2v) is 9.98. The number of rotatable bonds is 5. The van der Waals surface area contributed by atoms with E-state index in [1.807, 2.05) is 13.0 Å². The molecule has 3 heterocycles. The Labute approximate surface area is 208 Å². The van der Waals surface area contributed by atoms with E-state index >= 15 is 0 Å². The van der Waals surface area contributed by atoms with Gasteiger partial charge in [-0.3, -0.25) is 9.59 Å². The lowest BCUT2D eigenvalue weighted by atomic mass is 9.71. The number of halogens is 2. The maximum absolute atomic E-state index is 13.5. The first-order valence-corrected chi connectivity index (χ1v) is 12.7. The molecule has 2 amide bonds. The van der Waals surface area contributed by atoms with Crippen molar-refractivity contribution in [3.63, 3.8) is 0 Å². The van der Waals surface area contributed by atoms with E-state index in [0.29, 0.717) is 36.3 Å². The normalized spacial score (nSPS) is 22.3. The second kappa shape index (κ2) is 9.22. The van der Waals surface area contributed by atoms with Crippen molar-refractivity contribution in [3.8, 4) is 0 Å². The molecule has 5 rings (SSSR count). The lowest BCUT2D eigenvalue weighted by Gasteiger charge is -2.36. The Morgan fingerprint density at radius 3 is 2.66 bits per heavy atom. The summed E-state index contributed by atoms with van der Waals surface area (Å²) in [6.07, 6.45) is 6.73. The van der Waals surface area contributed by atoms with E-state index in [0.717, 1.165) is 43.5 Å². The van der Waals surface area contributed by atoms with Crippen LogP contribution in [0.5, 0.6) is 0 Å². The summed E-state index contributed by atoms with van der Waals surface area (Å²) in [5.74, 6) is -0.558. The molecule has 1 aliphatic heterocycles. The first kappa shape index (κ1) is 23.7. The van der Waals surface area contributed by atoms with Crippen LogP contribution in [-0.4, -0.2) is 39.0 Å². The highest BCUT2D eigenvalue weighted by Crippen LogP contribution is 2.47. The van der Waals surface area contributed by atoms with Crippen LogP contribution in [0.4, 0.5) is 10.1 Å². The molecule has 1 saturated heterocycles. The highest BCUT2D eigenvalue weighted by atomic mass is 35.5. The van der Waals surface area contributed by atoms with Gasteiger partial charge in [0.05, 0.1) is 22.3 Å². The minimum absolute atomic E-state index is 0.0145. The zero-order valence-corrected chi connectivity index (χ0v) is 20.7. The molecule has 1 N–H and O–H groups in total. The molecule has 1 aliphatic carbocycles. The van der Waals surface area contributed by atoms with Crippen LogP contribution in [0.15, 0.2) is 30.5 Å². The maximum Gasteiger partial charge on any atom is 0.256 e. The van der Waals surface area contributed by atoms with Gasteiger partial charge in [-0.1, -0.05) is 25.4 Å².